The summed E-state index contributed by atoms with van der Waals surface area (Å²) < 4.78 is 26.8. The van der Waals surface area contributed by atoms with Crippen molar-refractivity contribution in [1.29, 1.82) is 0 Å². The Labute approximate surface area is 105 Å². The van der Waals surface area contributed by atoms with Crippen LogP contribution < -0.4 is 0 Å². The van der Waals surface area contributed by atoms with Gasteiger partial charge < -0.3 is 23.1 Å². The third-order valence-electron chi connectivity index (χ3n) is 2.69. The van der Waals surface area contributed by atoms with Crippen LogP contribution in [0.25, 0.3) is 0 Å². The highest BCUT2D eigenvalue weighted by Crippen LogP contribution is 2.05. The van der Waals surface area contributed by atoms with E-state index in [2.05, 4.69) is 0 Å². The number of rotatable bonds is 9. The number of ether oxygens (including phenoxy) is 3. The molecule has 6 heteroatoms. The third kappa shape index (κ3) is 7.12. The Morgan fingerprint density at radius 3 is 2.65 bits per heavy atom. The van der Waals surface area contributed by atoms with Crippen molar-refractivity contribution >= 4 is 9.28 Å². The zero-order valence-electron chi connectivity index (χ0n) is 10.9. The first-order chi connectivity index (χ1) is 8.36. The van der Waals surface area contributed by atoms with Gasteiger partial charge in [-0.2, -0.15) is 0 Å². The van der Waals surface area contributed by atoms with Crippen LogP contribution in [0.3, 0.4) is 0 Å². The van der Waals surface area contributed by atoms with Gasteiger partial charge in [0.2, 0.25) is 0 Å². The summed E-state index contributed by atoms with van der Waals surface area (Å²) >= 11 is 0. The summed E-state index contributed by atoms with van der Waals surface area (Å²) in [5.74, 6) is 0. The average molecular weight is 264 g/mol. The Kier molecular flexibility index (Phi) is 8.86. The van der Waals surface area contributed by atoms with Crippen LogP contribution in [-0.4, -0.2) is 62.6 Å². The highest BCUT2D eigenvalue weighted by molar-refractivity contribution is 6.44. The zero-order valence-corrected chi connectivity index (χ0v) is 12.0. The fraction of sp³-hybridized carbons (Fsp3) is 1.00. The fourth-order valence-electron chi connectivity index (χ4n) is 1.69. The maximum atomic E-state index is 5.55. The second kappa shape index (κ2) is 9.99. The maximum Gasteiger partial charge on any atom is 0.320 e. The van der Waals surface area contributed by atoms with Crippen LogP contribution in [0.15, 0.2) is 0 Å². The maximum absolute atomic E-state index is 5.55. The highest BCUT2D eigenvalue weighted by atomic mass is 28.3. The molecule has 0 aromatic rings. The van der Waals surface area contributed by atoms with Gasteiger partial charge in [-0.25, -0.2) is 0 Å². The summed E-state index contributed by atoms with van der Waals surface area (Å²) in [6.07, 6.45) is 2.26. The number of hydrogen-bond acceptors (Lipinski definition) is 5. The molecule has 0 amide bonds. The third-order valence-corrected chi connectivity index (χ3v) is 4.62. The molecular formula is C11H24O5Si. The van der Waals surface area contributed by atoms with Gasteiger partial charge >= 0.3 is 9.28 Å². The van der Waals surface area contributed by atoms with Crippen molar-refractivity contribution in [3.63, 3.8) is 0 Å². The molecule has 1 atom stereocenters. The summed E-state index contributed by atoms with van der Waals surface area (Å²) in [4.78, 5) is 0. The lowest BCUT2D eigenvalue weighted by atomic mass is 10.3. The summed E-state index contributed by atoms with van der Waals surface area (Å²) in [6.45, 7) is 3.45. The molecule has 5 nitrogen and oxygen atoms in total. The first-order valence-corrected chi connectivity index (χ1v) is 7.95. The van der Waals surface area contributed by atoms with Gasteiger partial charge in [0, 0.05) is 20.8 Å². The molecule has 1 heterocycles. The molecule has 0 bridgehead atoms. The van der Waals surface area contributed by atoms with Gasteiger partial charge in [-0.15, -0.1) is 0 Å². The van der Waals surface area contributed by atoms with E-state index in [1.807, 2.05) is 0 Å². The second-order valence-electron chi connectivity index (χ2n) is 4.04. The Morgan fingerprint density at radius 1 is 1.18 bits per heavy atom. The van der Waals surface area contributed by atoms with E-state index in [1.165, 1.54) is 0 Å². The van der Waals surface area contributed by atoms with E-state index < -0.39 is 9.28 Å². The molecule has 1 saturated heterocycles. The molecule has 102 valence electrons. The first kappa shape index (κ1) is 15.1. The Hall–Kier alpha value is 0.0169. The average Bonchev–Trinajstić information content (AvgIpc) is 2.39. The second-order valence-corrected chi connectivity index (χ2v) is 6.42. The quantitative estimate of drug-likeness (QED) is 0.453. The lowest BCUT2D eigenvalue weighted by molar-refractivity contribution is -0.115. The van der Waals surface area contributed by atoms with Crippen molar-refractivity contribution in [2.24, 2.45) is 0 Å². The topological polar surface area (TPSA) is 46.2 Å². The minimum atomic E-state index is -1.37. The Morgan fingerprint density at radius 2 is 2.00 bits per heavy atom. The van der Waals surface area contributed by atoms with Crippen molar-refractivity contribution in [1.82, 2.24) is 0 Å². The Balaban J connectivity index is 1.86. The van der Waals surface area contributed by atoms with E-state index in [0.717, 1.165) is 25.5 Å². The van der Waals surface area contributed by atoms with Crippen molar-refractivity contribution in [3.05, 3.63) is 0 Å². The van der Waals surface area contributed by atoms with Crippen LogP contribution in [0.5, 0.6) is 0 Å². The zero-order chi connectivity index (χ0) is 12.3. The van der Waals surface area contributed by atoms with Crippen LogP contribution in [0.4, 0.5) is 0 Å². The summed E-state index contributed by atoms with van der Waals surface area (Å²) in [5, 5.41) is 0. The molecule has 0 aromatic heterocycles. The van der Waals surface area contributed by atoms with Crippen molar-refractivity contribution in [2.75, 3.05) is 47.3 Å². The standard InChI is InChI=1S/C11H24O5Si/c1-12-17(13-2)8-4-3-5-14-9-11-10-15-6-7-16-11/h11,17H,3-10H2,1-2H3. The Bertz CT molecular complexity index is 171. The number of unbranched alkanes of at least 4 members (excludes halogenated alkanes) is 1. The molecule has 0 N–H and O–H groups in total. The number of hydrogen-bond donors (Lipinski definition) is 0. The molecule has 1 unspecified atom stereocenters. The monoisotopic (exact) mass is 264 g/mol. The summed E-state index contributed by atoms with van der Waals surface area (Å²) in [6, 6.07) is 1.04. The molecule has 0 radical (unpaired) electrons. The van der Waals surface area contributed by atoms with Gasteiger partial charge in [0.05, 0.1) is 26.4 Å². The van der Waals surface area contributed by atoms with Gasteiger partial charge in [-0.3, -0.25) is 0 Å². The first-order valence-electron chi connectivity index (χ1n) is 6.19. The van der Waals surface area contributed by atoms with E-state index in [-0.39, 0.29) is 6.10 Å². The van der Waals surface area contributed by atoms with Crippen molar-refractivity contribution in [2.45, 2.75) is 25.0 Å². The molecule has 0 aliphatic carbocycles. The van der Waals surface area contributed by atoms with Gasteiger partial charge in [-0.05, 0) is 18.9 Å². The smallest absolute Gasteiger partial charge is 0.320 e. The predicted octanol–water partition coefficient (Wildman–Crippen LogP) is 0.712. The van der Waals surface area contributed by atoms with Crippen molar-refractivity contribution < 1.29 is 23.1 Å². The van der Waals surface area contributed by atoms with Crippen LogP contribution in [-0.2, 0) is 23.1 Å². The van der Waals surface area contributed by atoms with Crippen LogP contribution in [0.1, 0.15) is 12.8 Å². The SMILES string of the molecule is CO[SiH](CCCCOCC1COCCO1)OC. The van der Waals surface area contributed by atoms with Crippen LogP contribution in [0, 0.1) is 0 Å². The molecule has 0 aromatic carbocycles. The van der Waals surface area contributed by atoms with E-state index in [9.17, 15) is 0 Å². The van der Waals surface area contributed by atoms with Gasteiger partial charge in [0.15, 0.2) is 0 Å². The molecule has 1 aliphatic rings. The van der Waals surface area contributed by atoms with E-state index >= 15 is 0 Å². The molecule has 0 spiro atoms. The molecule has 1 fully saturated rings. The van der Waals surface area contributed by atoms with Crippen LogP contribution in [0.2, 0.25) is 6.04 Å². The normalized spacial score (nSPS) is 21.0. The minimum Gasteiger partial charge on any atom is -0.400 e. The largest absolute Gasteiger partial charge is 0.400 e. The lowest BCUT2D eigenvalue weighted by Gasteiger charge is -2.22. The lowest BCUT2D eigenvalue weighted by Crippen LogP contribution is -2.32. The van der Waals surface area contributed by atoms with E-state index in [4.69, 9.17) is 23.1 Å². The summed E-state index contributed by atoms with van der Waals surface area (Å²) in [7, 11) is 2.07. The van der Waals surface area contributed by atoms with E-state index in [0.29, 0.717) is 26.4 Å². The van der Waals surface area contributed by atoms with Crippen molar-refractivity contribution in [3.8, 4) is 0 Å². The van der Waals surface area contributed by atoms with Gasteiger partial charge in [0.1, 0.15) is 6.10 Å². The van der Waals surface area contributed by atoms with Gasteiger partial charge in [-0.1, -0.05) is 0 Å². The minimum absolute atomic E-state index is 0.115. The summed E-state index contributed by atoms with van der Waals surface area (Å²) in [5.41, 5.74) is 0. The highest BCUT2D eigenvalue weighted by Gasteiger charge is 2.14. The predicted molar refractivity (Wildman–Crippen MR) is 66.6 cm³/mol. The molecule has 1 aliphatic heterocycles. The fourth-order valence-corrected chi connectivity index (χ4v) is 2.98. The van der Waals surface area contributed by atoms with Crippen LogP contribution >= 0.6 is 0 Å². The molecular weight excluding hydrogens is 240 g/mol. The molecule has 17 heavy (non-hydrogen) atoms. The van der Waals surface area contributed by atoms with E-state index in [1.54, 1.807) is 14.2 Å². The molecule has 0 saturated carbocycles. The van der Waals surface area contributed by atoms with Gasteiger partial charge in [0.25, 0.3) is 0 Å². The molecule has 1 rings (SSSR count).